The van der Waals surface area contributed by atoms with Gasteiger partial charge in [0.05, 0.1) is 9.21 Å². The number of thiophene rings is 1. The average molecular weight is 246 g/mol. The summed E-state index contributed by atoms with van der Waals surface area (Å²) in [6, 6.07) is 3.84. The van der Waals surface area contributed by atoms with Crippen LogP contribution in [0.5, 0.6) is 0 Å². The Balaban J connectivity index is 2.24. The Kier molecular flexibility index (Phi) is 3.12. The van der Waals surface area contributed by atoms with Gasteiger partial charge in [-0.1, -0.05) is 22.9 Å². The number of nitrogens with one attached hydrogen (secondary N) is 1. The Bertz CT molecular complexity index is 424. The third-order valence-electron chi connectivity index (χ3n) is 1.58. The second-order valence-corrected chi connectivity index (χ2v) is 5.41. The lowest BCUT2D eigenvalue weighted by molar-refractivity contribution is 0.795. The topological polar surface area (TPSA) is 37.8 Å². The minimum Gasteiger partial charge on any atom is -0.313 e. The van der Waals surface area contributed by atoms with Crippen molar-refractivity contribution in [2.45, 2.75) is 6.54 Å². The summed E-state index contributed by atoms with van der Waals surface area (Å²) in [7, 11) is 1.89. The van der Waals surface area contributed by atoms with Crippen molar-refractivity contribution in [3.8, 4) is 9.88 Å². The summed E-state index contributed by atoms with van der Waals surface area (Å²) in [6.45, 7) is 0.761. The number of aromatic nitrogens is 2. The van der Waals surface area contributed by atoms with Crippen LogP contribution in [0.3, 0.4) is 0 Å². The predicted molar refractivity (Wildman–Crippen MR) is 61.0 cm³/mol. The van der Waals surface area contributed by atoms with Gasteiger partial charge in [-0.3, -0.25) is 0 Å². The van der Waals surface area contributed by atoms with E-state index in [2.05, 4.69) is 15.5 Å². The molecule has 0 bridgehead atoms. The van der Waals surface area contributed by atoms with Crippen LogP contribution in [-0.2, 0) is 6.54 Å². The molecule has 0 aliphatic carbocycles. The summed E-state index contributed by atoms with van der Waals surface area (Å²) >= 11 is 8.96. The van der Waals surface area contributed by atoms with Crippen LogP contribution in [0, 0.1) is 0 Å². The predicted octanol–water partition coefficient (Wildman–Crippen LogP) is 2.64. The van der Waals surface area contributed by atoms with E-state index >= 15 is 0 Å². The molecule has 0 aromatic carbocycles. The standard InChI is InChI=1S/C8H8ClN3S2/c1-10-4-7-11-12-8(14-7)5-2-3-6(9)13-5/h2-3,10H,4H2,1H3. The highest BCUT2D eigenvalue weighted by Gasteiger charge is 2.07. The summed E-state index contributed by atoms with van der Waals surface area (Å²) < 4.78 is 0.783. The van der Waals surface area contributed by atoms with Crippen molar-refractivity contribution in [3.63, 3.8) is 0 Å². The third-order valence-corrected chi connectivity index (χ3v) is 3.90. The van der Waals surface area contributed by atoms with Gasteiger partial charge in [-0.25, -0.2) is 0 Å². The average Bonchev–Trinajstić information content (AvgIpc) is 2.74. The van der Waals surface area contributed by atoms with Gasteiger partial charge in [0.25, 0.3) is 0 Å². The fraction of sp³-hybridized carbons (Fsp3) is 0.250. The summed E-state index contributed by atoms with van der Waals surface area (Å²) in [5, 5.41) is 13.1. The Morgan fingerprint density at radius 3 is 2.86 bits per heavy atom. The van der Waals surface area contributed by atoms with E-state index in [1.165, 1.54) is 11.3 Å². The first-order valence-electron chi connectivity index (χ1n) is 4.02. The van der Waals surface area contributed by atoms with Gasteiger partial charge in [0.2, 0.25) is 0 Å². The zero-order valence-corrected chi connectivity index (χ0v) is 9.84. The number of halogens is 1. The van der Waals surface area contributed by atoms with Crippen LogP contribution >= 0.6 is 34.3 Å². The lowest BCUT2D eigenvalue weighted by atomic mass is 10.5. The smallest absolute Gasteiger partial charge is 0.157 e. The number of rotatable bonds is 3. The summed E-state index contributed by atoms with van der Waals surface area (Å²) in [5.41, 5.74) is 0. The van der Waals surface area contributed by atoms with Gasteiger partial charge in [-0.2, -0.15) is 0 Å². The van der Waals surface area contributed by atoms with Gasteiger partial charge in [0.1, 0.15) is 5.01 Å². The SMILES string of the molecule is CNCc1nnc(-c2ccc(Cl)s2)s1. The third kappa shape index (κ3) is 2.12. The summed E-state index contributed by atoms with van der Waals surface area (Å²) in [5.74, 6) is 0. The molecule has 0 aliphatic rings. The fourth-order valence-corrected chi connectivity index (χ4v) is 2.95. The largest absolute Gasteiger partial charge is 0.313 e. The molecular formula is C8H8ClN3S2. The van der Waals surface area contributed by atoms with E-state index in [0.29, 0.717) is 0 Å². The normalized spacial score (nSPS) is 10.7. The van der Waals surface area contributed by atoms with Crippen LogP contribution in [0.4, 0.5) is 0 Å². The number of nitrogens with zero attached hydrogens (tertiary/aromatic N) is 2. The molecule has 3 nitrogen and oxygen atoms in total. The van der Waals surface area contributed by atoms with Gasteiger partial charge < -0.3 is 5.32 Å². The summed E-state index contributed by atoms with van der Waals surface area (Å²) in [6.07, 6.45) is 0. The molecule has 0 unspecified atom stereocenters. The zero-order chi connectivity index (χ0) is 9.97. The van der Waals surface area contributed by atoms with E-state index in [-0.39, 0.29) is 0 Å². The molecule has 2 aromatic heterocycles. The second-order valence-electron chi connectivity index (χ2n) is 2.64. The van der Waals surface area contributed by atoms with E-state index in [0.717, 1.165) is 25.8 Å². The maximum Gasteiger partial charge on any atom is 0.157 e. The van der Waals surface area contributed by atoms with Crippen LogP contribution in [0.25, 0.3) is 9.88 Å². The molecule has 0 radical (unpaired) electrons. The fourth-order valence-electron chi connectivity index (χ4n) is 1.01. The highest BCUT2D eigenvalue weighted by atomic mass is 35.5. The molecule has 2 aromatic rings. The lowest BCUT2D eigenvalue weighted by Crippen LogP contribution is -2.04. The second kappa shape index (κ2) is 4.35. The quantitative estimate of drug-likeness (QED) is 0.904. The molecule has 0 atom stereocenters. The number of hydrogen-bond donors (Lipinski definition) is 1. The van der Waals surface area contributed by atoms with Crippen molar-refractivity contribution in [1.82, 2.24) is 15.5 Å². The van der Waals surface area contributed by atoms with Gasteiger partial charge in [-0.15, -0.1) is 21.5 Å². The molecule has 1 N–H and O–H groups in total. The Hall–Kier alpha value is -0.490. The highest BCUT2D eigenvalue weighted by molar-refractivity contribution is 7.23. The highest BCUT2D eigenvalue weighted by Crippen LogP contribution is 2.32. The molecule has 2 heterocycles. The zero-order valence-electron chi connectivity index (χ0n) is 7.45. The van der Waals surface area contributed by atoms with Crippen LogP contribution in [0.15, 0.2) is 12.1 Å². The Morgan fingerprint density at radius 1 is 1.36 bits per heavy atom. The van der Waals surface area contributed by atoms with Gasteiger partial charge in [0, 0.05) is 6.54 Å². The van der Waals surface area contributed by atoms with Crippen LogP contribution in [-0.4, -0.2) is 17.2 Å². The first-order valence-corrected chi connectivity index (χ1v) is 6.03. The molecular weight excluding hydrogens is 238 g/mol. The van der Waals surface area contributed by atoms with E-state index in [1.807, 2.05) is 19.2 Å². The van der Waals surface area contributed by atoms with E-state index < -0.39 is 0 Å². The first kappa shape index (κ1) is 10.0. The lowest BCUT2D eigenvalue weighted by Gasteiger charge is -1.88. The van der Waals surface area contributed by atoms with Crippen molar-refractivity contribution in [1.29, 1.82) is 0 Å². The molecule has 0 saturated carbocycles. The molecule has 0 spiro atoms. The summed E-state index contributed by atoms with van der Waals surface area (Å²) in [4.78, 5) is 1.08. The molecule has 0 fully saturated rings. The van der Waals surface area contributed by atoms with E-state index in [1.54, 1.807) is 11.3 Å². The van der Waals surface area contributed by atoms with E-state index in [9.17, 15) is 0 Å². The Labute approximate surface area is 94.8 Å². The van der Waals surface area contributed by atoms with Gasteiger partial charge in [0.15, 0.2) is 5.01 Å². The molecule has 2 rings (SSSR count). The maximum atomic E-state index is 5.84. The van der Waals surface area contributed by atoms with Gasteiger partial charge in [-0.05, 0) is 19.2 Å². The van der Waals surface area contributed by atoms with Crippen LogP contribution in [0.1, 0.15) is 5.01 Å². The molecule has 74 valence electrons. The van der Waals surface area contributed by atoms with Crippen molar-refractivity contribution in [2.75, 3.05) is 7.05 Å². The monoisotopic (exact) mass is 245 g/mol. The van der Waals surface area contributed by atoms with Crippen molar-refractivity contribution in [2.24, 2.45) is 0 Å². The van der Waals surface area contributed by atoms with Crippen LogP contribution < -0.4 is 5.32 Å². The van der Waals surface area contributed by atoms with Crippen molar-refractivity contribution >= 4 is 34.3 Å². The molecule has 0 saturated heterocycles. The minimum atomic E-state index is 0.761. The maximum absolute atomic E-state index is 5.84. The van der Waals surface area contributed by atoms with Crippen LogP contribution in [0.2, 0.25) is 4.34 Å². The first-order chi connectivity index (χ1) is 6.79. The molecule has 6 heteroatoms. The molecule has 0 aliphatic heterocycles. The van der Waals surface area contributed by atoms with Crippen molar-refractivity contribution in [3.05, 3.63) is 21.5 Å². The van der Waals surface area contributed by atoms with Gasteiger partial charge >= 0.3 is 0 Å². The van der Waals surface area contributed by atoms with E-state index in [4.69, 9.17) is 11.6 Å². The molecule has 0 amide bonds. The molecule has 14 heavy (non-hydrogen) atoms. The Morgan fingerprint density at radius 2 is 2.21 bits per heavy atom. The minimum absolute atomic E-state index is 0.761. The van der Waals surface area contributed by atoms with Crippen molar-refractivity contribution < 1.29 is 0 Å². The number of hydrogen-bond acceptors (Lipinski definition) is 5.